The highest BCUT2D eigenvalue weighted by atomic mass is 79.9. The zero-order valence-corrected chi connectivity index (χ0v) is 13.0. The van der Waals surface area contributed by atoms with Gasteiger partial charge in [-0.25, -0.2) is 4.39 Å². The van der Waals surface area contributed by atoms with E-state index in [1.165, 1.54) is 6.07 Å². The summed E-state index contributed by atoms with van der Waals surface area (Å²) in [5.41, 5.74) is 0.481. The summed E-state index contributed by atoms with van der Waals surface area (Å²) < 4.78 is 20.6. The molecular formula is C13H8Br2ClFO. The molecule has 1 nitrogen and oxygen atoms in total. The highest BCUT2D eigenvalue weighted by Crippen LogP contribution is 2.29. The molecular weight excluding hydrogens is 386 g/mol. The molecule has 18 heavy (non-hydrogen) atoms. The monoisotopic (exact) mass is 392 g/mol. The maximum absolute atomic E-state index is 13.6. The van der Waals surface area contributed by atoms with E-state index in [1.54, 1.807) is 24.3 Å². The first-order chi connectivity index (χ1) is 8.56. The predicted molar refractivity (Wildman–Crippen MR) is 77.6 cm³/mol. The molecule has 0 aliphatic heterocycles. The minimum Gasteiger partial charge on any atom is -0.487 e. The van der Waals surface area contributed by atoms with Gasteiger partial charge >= 0.3 is 0 Å². The molecule has 0 saturated heterocycles. The number of hydrogen-bond acceptors (Lipinski definition) is 1. The summed E-state index contributed by atoms with van der Waals surface area (Å²) in [4.78, 5) is 0. The Hall–Kier alpha value is -0.580. The minimum absolute atomic E-state index is 0.134. The van der Waals surface area contributed by atoms with E-state index in [0.717, 1.165) is 4.47 Å². The van der Waals surface area contributed by atoms with Crippen molar-refractivity contribution in [3.8, 4) is 5.75 Å². The lowest BCUT2D eigenvalue weighted by Gasteiger charge is -2.09. The van der Waals surface area contributed by atoms with Crippen molar-refractivity contribution in [2.45, 2.75) is 6.61 Å². The summed E-state index contributed by atoms with van der Waals surface area (Å²) in [6.45, 7) is 0.134. The average Bonchev–Trinajstić information content (AvgIpc) is 2.32. The van der Waals surface area contributed by atoms with Gasteiger partial charge < -0.3 is 4.74 Å². The van der Waals surface area contributed by atoms with Crippen molar-refractivity contribution in [1.29, 1.82) is 0 Å². The van der Waals surface area contributed by atoms with Gasteiger partial charge in [-0.05, 0) is 30.3 Å². The van der Waals surface area contributed by atoms with Crippen LogP contribution in [0.4, 0.5) is 4.39 Å². The van der Waals surface area contributed by atoms with Gasteiger partial charge in [-0.3, -0.25) is 0 Å². The van der Waals surface area contributed by atoms with Crippen LogP contribution in [-0.2, 0) is 6.61 Å². The van der Waals surface area contributed by atoms with Gasteiger partial charge in [-0.2, -0.15) is 0 Å². The van der Waals surface area contributed by atoms with Crippen molar-refractivity contribution >= 4 is 43.5 Å². The fraction of sp³-hybridized carbons (Fsp3) is 0.0769. The van der Waals surface area contributed by atoms with Gasteiger partial charge in [0.25, 0.3) is 0 Å². The second-order valence-electron chi connectivity index (χ2n) is 3.60. The number of rotatable bonds is 3. The lowest BCUT2D eigenvalue weighted by Crippen LogP contribution is -1.99. The van der Waals surface area contributed by atoms with Gasteiger partial charge in [0, 0.05) is 14.5 Å². The van der Waals surface area contributed by atoms with Crippen LogP contribution in [0.25, 0.3) is 0 Å². The normalized spacial score (nSPS) is 10.4. The predicted octanol–water partition coefficient (Wildman–Crippen LogP) is 5.58. The van der Waals surface area contributed by atoms with E-state index in [2.05, 4.69) is 31.9 Å². The lowest BCUT2D eigenvalue weighted by molar-refractivity contribution is 0.300. The first-order valence-electron chi connectivity index (χ1n) is 5.08. The van der Waals surface area contributed by atoms with Gasteiger partial charge in [0.1, 0.15) is 18.2 Å². The molecule has 0 aliphatic carbocycles. The third kappa shape index (κ3) is 3.46. The Morgan fingerprint density at radius 2 is 1.72 bits per heavy atom. The molecule has 0 atom stereocenters. The molecule has 0 unspecified atom stereocenters. The van der Waals surface area contributed by atoms with Crippen molar-refractivity contribution in [3.05, 3.63) is 61.7 Å². The van der Waals surface area contributed by atoms with E-state index in [0.29, 0.717) is 20.8 Å². The highest BCUT2D eigenvalue weighted by Gasteiger charge is 2.06. The molecule has 0 heterocycles. The molecule has 94 valence electrons. The smallest absolute Gasteiger partial charge is 0.139 e. The lowest BCUT2D eigenvalue weighted by atomic mass is 10.2. The minimum atomic E-state index is -0.310. The molecule has 0 bridgehead atoms. The van der Waals surface area contributed by atoms with E-state index in [9.17, 15) is 4.39 Å². The molecule has 2 rings (SSSR count). The van der Waals surface area contributed by atoms with Crippen LogP contribution >= 0.6 is 43.5 Å². The van der Waals surface area contributed by atoms with Crippen LogP contribution in [0.5, 0.6) is 5.75 Å². The van der Waals surface area contributed by atoms with Gasteiger partial charge in [0.15, 0.2) is 0 Å². The SMILES string of the molecule is Fc1cc(Br)ccc1COc1cc(Br)ccc1Cl. The third-order valence-electron chi connectivity index (χ3n) is 2.29. The van der Waals surface area contributed by atoms with Crippen LogP contribution in [-0.4, -0.2) is 0 Å². The molecule has 2 aromatic rings. The topological polar surface area (TPSA) is 9.23 Å². The first kappa shape index (κ1) is 13.8. The van der Waals surface area contributed by atoms with Crippen LogP contribution in [0.1, 0.15) is 5.56 Å². The van der Waals surface area contributed by atoms with Crippen molar-refractivity contribution in [2.24, 2.45) is 0 Å². The number of ether oxygens (including phenoxy) is 1. The Morgan fingerprint density at radius 1 is 1.06 bits per heavy atom. The van der Waals surface area contributed by atoms with Crippen LogP contribution in [0.2, 0.25) is 5.02 Å². The molecule has 0 N–H and O–H groups in total. The quantitative estimate of drug-likeness (QED) is 0.660. The molecule has 0 aliphatic rings. The molecule has 2 aromatic carbocycles. The van der Waals surface area contributed by atoms with E-state index in [1.807, 2.05) is 6.07 Å². The van der Waals surface area contributed by atoms with Crippen molar-refractivity contribution in [2.75, 3.05) is 0 Å². The summed E-state index contributed by atoms with van der Waals surface area (Å²) >= 11 is 12.5. The molecule has 0 radical (unpaired) electrons. The summed E-state index contributed by atoms with van der Waals surface area (Å²) in [7, 11) is 0. The van der Waals surface area contributed by atoms with Gasteiger partial charge in [0.05, 0.1) is 5.02 Å². The van der Waals surface area contributed by atoms with Gasteiger partial charge in [-0.1, -0.05) is 49.5 Å². The van der Waals surface area contributed by atoms with Crippen LogP contribution in [0, 0.1) is 5.82 Å². The summed E-state index contributed by atoms with van der Waals surface area (Å²) in [6.07, 6.45) is 0. The maximum Gasteiger partial charge on any atom is 0.139 e. The molecule has 0 saturated carbocycles. The molecule has 0 aromatic heterocycles. The van der Waals surface area contributed by atoms with Gasteiger partial charge in [-0.15, -0.1) is 0 Å². The Kier molecular flexibility index (Phi) is 4.65. The van der Waals surface area contributed by atoms with Crippen LogP contribution in [0.3, 0.4) is 0 Å². The Labute approximate surface area is 126 Å². The van der Waals surface area contributed by atoms with E-state index < -0.39 is 0 Å². The Morgan fingerprint density at radius 3 is 2.44 bits per heavy atom. The highest BCUT2D eigenvalue weighted by molar-refractivity contribution is 9.10. The standard InChI is InChI=1S/C13H8Br2ClFO/c14-9-2-1-8(12(17)5-9)7-18-13-6-10(15)3-4-11(13)16/h1-6H,7H2. The van der Waals surface area contributed by atoms with Crippen molar-refractivity contribution in [3.63, 3.8) is 0 Å². The molecule has 0 fully saturated rings. The van der Waals surface area contributed by atoms with Gasteiger partial charge in [0.2, 0.25) is 0 Å². The van der Waals surface area contributed by atoms with Crippen molar-refractivity contribution in [1.82, 2.24) is 0 Å². The van der Waals surface area contributed by atoms with E-state index in [-0.39, 0.29) is 12.4 Å². The largest absolute Gasteiger partial charge is 0.487 e. The number of benzene rings is 2. The van der Waals surface area contributed by atoms with E-state index in [4.69, 9.17) is 16.3 Å². The molecule has 5 heteroatoms. The number of halogens is 4. The van der Waals surface area contributed by atoms with E-state index >= 15 is 0 Å². The molecule has 0 amide bonds. The van der Waals surface area contributed by atoms with Crippen molar-refractivity contribution < 1.29 is 9.13 Å². The maximum atomic E-state index is 13.6. The Bertz CT molecular complexity index is 575. The molecule has 0 spiro atoms. The van der Waals surface area contributed by atoms with Crippen LogP contribution in [0.15, 0.2) is 45.3 Å². The second-order valence-corrected chi connectivity index (χ2v) is 5.84. The zero-order chi connectivity index (χ0) is 13.1. The Balaban J connectivity index is 2.13. The number of hydrogen-bond donors (Lipinski definition) is 0. The third-order valence-corrected chi connectivity index (χ3v) is 3.59. The summed E-state index contributed by atoms with van der Waals surface area (Å²) in [5.74, 6) is 0.212. The second kappa shape index (κ2) is 6.04. The van der Waals surface area contributed by atoms with Crippen LogP contribution < -0.4 is 4.74 Å². The zero-order valence-electron chi connectivity index (χ0n) is 9.09. The fourth-order valence-electron chi connectivity index (χ4n) is 1.38. The average molecular weight is 394 g/mol. The first-order valence-corrected chi connectivity index (χ1v) is 7.04. The fourth-order valence-corrected chi connectivity index (χ4v) is 2.23. The summed E-state index contributed by atoms with van der Waals surface area (Å²) in [6, 6.07) is 10.1. The summed E-state index contributed by atoms with van der Waals surface area (Å²) in [5, 5.41) is 0.496.